The topological polar surface area (TPSA) is 67.1 Å². The predicted molar refractivity (Wildman–Crippen MR) is 111 cm³/mol. The predicted octanol–water partition coefficient (Wildman–Crippen LogP) is -0.0578. The molecule has 1 aliphatic rings. The summed E-state index contributed by atoms with van der Waals surface area (Å²) in [6.07, 6.45) is 0. The summed E-state index contributed by atoms with van der Waals surface area (Å²) in [5.74, 6) is -2.03. The Kier molecular flexibility index (Phi) is 7.12. The molecular weight excluding hydrogens is 390 g/mol. The van der Waals surface area contributed by atoms with Crippen LogP contribution in [0.5, 0.6) is 0 Å². The Hall–Kier alpha value is -2.84. The average molecular weight is 418 g/mol. The van der Waals surface area contributed by atoms with Crippen molar-refractivity contribution in [1.29, 1.82) is 0 Å². The highest BCUT2D eigenvalue weighted by Crippen LogP contribution is 2.19. The standard InChI is InChI=1S/C22H26F2N4O2/c1-15-5-3-6-16(2)21(15)25-19(29)13-27-9-11-28(12-10-27)14-20(30)26-22-17(23)7-4-8-18(22)24/h3-8H,9-14H2,1-2H3,(H,25,29)(H,26,30)/p+2. The van der Waals surface area contributed by atoms with E-state index in [2.05, 4.69) is 10.6 Å². The maximum atomic E-state index is 13.7. The van der Waals surface area contributed by atoms with Crippen molar-refractivity contribution in [3.63, 3.8) is 0 Å². The first-order valence-corrected chi connectivity index (χ1v) is 10.1. The van der Waals surface area contributed by atoms with Gasteiger partial charge in [0.2, 0.25) is 0 Å². The monoisotopic (exact) mass is 418 g/mol. The number of nitrogens with one attached hydrogen (secondary N) is 4. The molecule has 1 fully saturated rings. The first-order valence-electron chi connectivity index (χ1n) is 10.1. The molecule has 1 saturated heterocycles. The third-order valence-corrected chi connectivity index (χ3v) is 5.46. The highest BCUT2D eigenvalue weighted by molar-refractivity contribution is 5.93. The number of amides is 2. The van der Waals surface area contributed by atoms with E-state index in [-0.39, 0.29) is 12.5 Å². The summed E-state index contributed by atoms with van der Waals surface area (Å²) in [5, 5.41) is 5.33. The van der Waals surface area contributed by atoms with E-state index in [0.29, 0.717) is 19.6 Å². The van der Waals surface area contributed by atoms with Crippen molar-refractivity contribution >= 4 is 23.2 Å². The van der Waals surface area contributed by atoms with Gasteiger partial charge in [0.25, 0.3) is 11.8 Å². The van der Waals surface area contributed by atoms with E-state index in [1.54, 1.807) is 0 Å². The number of benzene rings is 2. The molecule has 0 saturated carbocycles. The van der Waals surface area contributed by atoms with E-state index in [1.807, 2.05) is 32.0 Å². The summed E-state index contributed by atoms with van der Waals surface area (Å²) in [4.78, 5) is 26.8. The normalized spacial score (nSPS) is 18.7. The molecule has 1 aliphatic heterocycles. The molecule has 2 aromatic carbocycles. The van der Waals surface area contributed by atoms with Crippen LogP contribution in [0.3, 0.4) is 0 Å². The minimum atomic E-state index is -0.789. The fraction of sp³-hybridized carbons (Fsp3) is 0.364. The van der Waals surface area contributed by atoms with Gasteiger partial charge in [-0.05, 0) is 37.1 Å². The van der Waals surface area contributed by atoms with Gasteiger partial charge in [-0.2, -0.15) is 0 Å². The number of halogens is 2. The first-order chi connectivity index (χ1) is 14.3. The lowest BCUT2D eigenvalue weighted by Gasteiger charge is -2.29. The van der Waals surface area contributed by atoms with Crippen molar-refractivity contribution in [2.75, 3.05) is 49.9 Å². The molecule has 0 aliphatic carbocycles. The summed E-state index contributed by atoms with van der Waals surface area (Å²) in [6, 6.07) is 9.37. The maximum absolute atomic E-state index is 13.7. The van der Waals surface area contributed by atoms with Gasteiger partial charge in [0.15, 0.2) is 13.1 Å². The fourth-order valence-electron chi connectivity index (χ4n) is 3.76. The second-order valence-electron chi connectivity index (χ2n) is 7.81. The molecule has 0 radical (unpaired) electrons. The molecule has 8 heteroatoms. The molecule has 0 spiro atoms. The van der Waals surface area contributed by atoms with E-state index in [0.717, 1.165) is 51.8 Å². The van der Waals surface area contributed by atoms with Gasteiger partial charge < -0.3 is 20.4 Å². The Balaban J connectivity index is 1.44. The van der Waals surface area contributed by atoms with E-state index in [9.17, 15) is 18.4 Å². The molecule has 3 rings (SSSR count). The number of para-hydroxylation sites is 2. The van der Waals surface area contributed by atoms with Crippen LogP contribution in [-0.4, -0.2) is 51.1 Å². The lowest BCUT2D eigenvalue weighted by atomic mass is 10.1. The Labute approximate surface area is 174 Å². The summed E-state index contributed by atoms with van der Waals surface area (Å²) < 4.78 is 27.3. The number of quaternary nitrogens is 2. The second kappa shape index (κ2) is 9.77. The van der Waals surface area contributed by atoms with Gasteiger partial charge in [-0.1, -0.05) is 24.3 Å². The third-order valence-electron chi connectivity index (χ3n) is 5.46. The van der Waals surface area contributed by atoms with Gasteiger partial charge in [0.05, 0.1) is 0 Å². The van der Waals surface area contributed by atoms with E-state index in [4.69, 9.17) is 0 Å². The van der Waals surface area contributed by atoms with Crippen LogP contribution < -0.4 is 20.4 Å². The second-order valence-corrected chi connectivity index (χ2v) is 7.81. The summed E-state index contributed by atoms with van der Waals surface area (Å²) in [6.45, 7) is 7.35. The highest BCUT2D eigenvalue weighted by Gasteiger charge is 2.27. The number of hydrogen-bond donors (Lipinski definition) is 4. The quantitative estimate of drug-likeness (QED) is 0.531. The lowest BCUT2D eigenvalue weighted by molar-refractivity contribution is -1.00. The van der Waals surface area contributed by atoms with Crippen molar-refractivity contribution in [2.24, 2.45) is 0 Å². The largest absolute Gasteiger partial charge is 0.321 e. The zero-order valence-corrected chi connectivity index (χ0v) is 17.3. The van der Waals surface area contributed by atoms with Crippen molar-refractivity contribution in [2.45, 2.75) is 13.8 Å². The smallest absolute Gasteiger partial charge is 0.279 e. The molecule has 0 atom stereocenters. The third kappa shape index (κ3) is 5.61. The van der Waals surface area contributed by atoms with Crippen LogP contribution in [-0.2, 0) is 9.59 Å². The molecule has 0 aromatic heterocycles. The molecule has 6 nitrogen and oxygen atoms in total. The summed E-state index contributed by atoms with van der Waals surface area (Å²) >= 11 is 0. The molecule has 0 bridgehead atoms. The van der Waals surface area contributed by atoms with E-state index in [1.165, 1.54) is 6.07 Å². The molecule has 2 aromatic rings. The van der Waals surface area contributed by atoms with Crippen LogP contribution in [0.25, 0.3) is 0 Å². The maximum Gasteiger partial charge on any atom is 0.279 e. The number of rotatable bonds is 6. The SMILES string of the molecule is Cc1cccc(C)c1NC(=O)C[NH+]1CC[NH+](CC(=O)Nc2c(F)cccc2F)CC1. The highest BCUT2D eigenvalue weighted by atomic mass is 19.1. The van der Waals surface area contributed by atoms with Crippen LogP contribution in [0.4, 0.5) is 20.2 Å². The Morgan fingerprint density at radius 1 is 0.767 bits per heavy atom. The molecule has 30 heavy (non-hydrogen) atoms. The summed E-state index contributed by atoms with van der Waals surface area (Å²) in [5.41, 5.74) is 2.52. The minimum Gasteiger partial charge on any atom is -0.321 e. The van der Waals surface area contributed by atoms with Crippen molar-refractivity contribution in [1.82, 2.24) is 0 Å². The fourth-order valence-corrected chi connectivity index (χ4v) is 3.76. The van der Waals surface area contributed by atoms with Gasteiger partial charge in [0.1, 0.15) is 43.5 Å². The first kappa shape index (κ1) is 21.9. The molecule has 2 amide bonds. The Morgan fingerprint density at radius 3 is 1.63 bits per heavy atom. The Morgan fingerprint density at radius 2 is 1.17 bits per heavy atom. The summed E-state index contributed by atoms with van der Waals surface area (Å²) in [7, 11) is 0. The molecule has 1 heterocycles. The van der Waals surface area contributed by atoms with Crippen molar-refractivity contribution in [3.05, 3.63) is 59.2 Å². The minimum absolute atomic E-state index is 0.0291. The molecular formula is C22H28F2N4O2+2. The average Bonchev–Trinajstić information content (AvgIpc) is 2.69. The van der Waals surface area contributed by atoms with Crippen LogP contribution >= 0.6 is 0 Å². The number of carbonyl (C=O) groups excluding carboxylic acids is 2. The molecule has 4 N–H and O–H groups in total. The van der Waals surface area contributed by atoms with Gasteiger partial charge in [-0.15, -0.1) is 0 Å². The van der Waals surface area contributed by atoms with Crippen LogP contribution in [0.15, 0.2) is 36.4 Å². The van der Waals surface area contributed by atoms with Crippen molar-refractivity contribution < 1.29 is 28.2 Å². The Bertz CT molecular complexity index is 811. The number of hydrogen-bond acceptors (Lipinski definition) is 2. The zero-order valence-electron chi connectivity index (χ0n) is 17.3. The number of piperazine rings is 1. The van der Waals surface area contributed by atoms with Gasteiger partial charge in [-0.25, -0.2) is 8.78 Å². The van der Waals surface area contributed by atoms with Gasteiger partial charge in [-0.3, -0.25) is 9.59 Å². The zero-order chi connectivity index (χ0) is 21.7. The van der Waals surface area contributed by atoms with Crippen LogP contribution in [0.2, 0.25) is 0 Å². The van der Waals surface area contributed by atoms with Crippen LogP contribution in [0.1, 0.15) is 11.1 Å². The van der Waals surface area contributed by atoms with E-state index >= 15 is 0 Å². The lowest BCUT2D eigenvalue weighted by Crippen LogP contribution is -3.28. The number of aryl methyl sites for hydroxylation is 2. The van der Waals surface area contributed by atoms with Crippen molar-refractivity contribution in [3.8, 4) is 0 Å². The van der Waals surface area contributed by atoms with Gasteiger partial charge >= 0.3 is 0 Å². The molecule has 0 unspecified atom stereocenters. The van der Waals surface area contributed by atoms with Crippen LogP contribution in [0, 0.1) is 25.5 Å². The number of anilines is 2. The van der Waals surface area contributed by atoms with Gasteiger partial charge in [0, 0.05) is 5.69 Å². The van der Waals surface area contributed by atoms with E-state index < -0.39 is 23.2 Å². The molecule has 160 valence electrons. The number of carbonyl (C=O) groups is 2.